The Bertz CT molecular complexity index is 552. The van der Waals surface area contributed by atoms with E-state index in [4.69, 9.17) is 5.41 Å². The molecule has 0 spiro atoms. The van der Waals surface area contributed by atoms with E-state index in [0.717, 1.165) is 24.5 Å². The summed E-state index contributed by atoms with van der Waals surface area (Å²) in [5.41, 5.74) is 3.47. The maximum atomic E-state index is 7.93. The van der Waals surface area contributed by atoms with Crippen LogP contribution in [0.15, 0.2) is 34.4 Å². The summed E-state index contributed by atoms with van der Waals surface area (Å²) in [6.07, 6.45) is 0. The van der Waals surface area contributed by atoms with Gasteiger partial charge < -0.3 is 4.90 Å². The third-order valence-corrected chi connectivity index (χ3v) is 3.41. The summed E-state index contributed by atoms with van der Waals surface area (Å²) in [4.78, 5) is 6.81. The lowest BCUT2D eigenvalue weighted by Gasteiger charge is -2.20. The first kappa shape index (κ1) is 14.2. The molecule has 0 saturated heterocycles. The van der Waals surface area contributed by atoms with E-state index in [1.165, 1.54) is 5.69 Å². The average molecular weight is 271 g/mol. The van der Waals surface area contributed by atoms with Gasteiger partial charge in [-0.2, -0.15) is 5.10 Å². The van der Waals surface area contributed by atoms with Crippen LogP contribution >= 0.6 is 0 Å². The molecule has 1 N–H and O–H groups in total. The second-order valence-electron chi connectivity index (χ2n) is 4.71. The predicted molar refractivity (Wildman–Crippen MR) is 85.7 cm³/mol. The predicted octanol–water partition coefficient (Wildman–Crippen LogP) is 2.90. The van der Waals surface area contributed by atoms with E-state index in [0.29, 0.717) is 11.5 Å². The van der Waals surface area contributed by atoms with E-state index in [2.05, 4.69) is 41.0 Å². The van der Waals surface area contributed by atoms with E-state index in [-0.39, 0.29) is 0 Å². The van der Waals surface area contributed by atoms with Crippen LogP contribution in [0, 0.1) is 5.41 Å². The molecule has 0 bridgehead atoms. The number of amidine groups is 1. The van der Waals surface area contributed by atoms with Crippen molar-refractivity contribution in [1.29, 1.82) is 5.41 Å². The minimum Gasteiger partial charge on any atom is -0.372 e. The number of aliphatic imine (C=N–C) groups is 1. The summed E-state index contributed by atoms with van der Waals surface area (Å²) in [6, 6.07) is 8.11. The Balaban J connectivity index is 2.23. The third kappa shape index (κ3) is 2.71. The third-order valence-electron chi connectivity index (χ3n) is 3.41. The first-order valence-electron chi connectivity index (χ1n) is 6.88. The van der Waals surface area contributed by atoms with Crippen LogP contribution in [-0.2, 0) is 0 Å². The molecule has 0 amide bonds. The van der Waals surface area contributed by atoms with E-state index < -0.39 is 0 Å². The van der Waals surface area contributed by atoms with Crippen LogP contribution in [-0.4, -0.2) is 42.4 Å². The molecule has 1 heterocycles. The van der Waals surface area contributed by atoms with Gasteiger partial charge in [-0.3, -0.25) is 5.41 Å². The van der Waals surface area contributed by atoms with Gasteiger partial charge in [0.15, 0.2) is 5.84 Å². The smallest absolute Gasteiger partial charge is 0.169 e. The molecule has 0 aromatic heterocycles. The van der Waals surface area contributed by atoms with Crippen molar-refractivity contribution in [2.24, 2.45) is 10.1 Å². The minimum absolute atomic E-state index is 0.343. The highest BCUT2D eigenvalue weighted by molar-refractivity contribution is 6.69. The Hall–Kier alpha value is -2.17. The van der Waals surface area contributed by atoms with Crippen LogP contribution in [0.5, 0.6) is 0 Å². The standard InChI is InChI=1S/C15H21N5/c1-5-20(6-2)13-9-7-12(8-10-13)17-14-11(3)18-19(4)15(14)16/h7-10,16H,5-6H2,1-4H3. The number of hydrogen-bond donors (Lipinski definition) is 1. The fraction of sp³-hybridized carbons (Fsp3) is 0.400. The number of nitrogens with zero attached hydrogens (tertiary/aromatic N) is 4. The molecule has 2 rings (SSSR count). The first-order valence-corrected chi connectivity index (χ1v) is 6.88. The van der Waals surface area contributed by atoms with Crippen molar-refractivity contribution in [2.75, 3.05) is 25.0 Å². The van der Waals surface area contributed by atoms with Crippen LogP contribution in [0.25, 0.3) is 0 Å². The molecule has 1 aliphatic heterocycles. The Labute approximate surface area is 120 Å². The highest BCUT2D eigenvalue weighted by Crippen LogP contribution is 2.21. The Morgan fingerprint density at radius 3 is 2.25 bits per heavy atom. The Kier molecular flexibility index (Phi) is 4.17. The summed E-state index contributed by atoms with van der Waals surface area (Å²) in [5.74, 6) is 0.343. The van der Waals surface area contributed by atoms with Crippen LogP contribution in [0.1, 0.15) is 20.8 Å². The molecule has 20 heavy (non-hydrogen) atoms. The molecule has 0 saturated carbocycles. The zero-order chi connectivity index (χ0) is 14.7. The lowest BCUT2D eigenvalue weighted by molar-refractivity contribution is 0.557. The van der Waals surface area contributed by atoms with Crippen molar-refractivity contribution < 1.29 is 0 Å². The summed E-state index contributed by atoms with van der Waals surface area (Å²) in [7, 11) is 1.76. The highest BCUT2D eigenvalue weighted by Gasteiger charge is 2.22. The summed E-state index contributed by atoms with van der Waals surface area (Å²) < 4.78 is 0. The monoisotopic (exact) mass is 271 g/mol. The van der Waals surface area contributed by atoms with Gasteiger partial charge in [0.25, 0.3) is 0 Å². The Morgan fingerprint density at radius 2 is 1.80 bits per heavy atom. The number of benzene rings is 1. The molecular weight excluding hydrogens is 250 g/mol. The largest absolute Gasteiger partial charge is 0.372 e. The van der Waals surface area contributed by atoms with Crippen molar-refractivity contribution in [3.05, 3.63) is 24.3 Å². The van der Waals surface area contributed by atoms with E-state index >= 15 is 0 Å². The molecule has 0 aliphatic carbocycles. The molecule has 0 atom stereocenters. The van der Waals surface area contributed by atoms with Gasteiger partial charge in [0.2, 0.25) is 0 Å². The Morgan fingerprint density at radius 1 is 1.20 bits per heavy atom. The van der Waals surface area contributed by atoms with Crippen molar-refractivity contribution in [1.82, 2.24) is 5.01 Å². The SMILES string of the molecule is CCN(CC)c1ccc(N=C2C(=N)N(C)N=C2C)cc1. The number of anilines is 1. The lowest BCUT2D eigenvalue weighted by Crippen LogP contribution is -2.23. The molecule has 106 valence electrons. The maximum absolute atomic E-state index is 7.93. The van der Waals surface area contributed by atoms with Crippen molar-refractivity contribution in [3.8, 4) is 0 Å². The lowest BCUT2D eigenvalue weighted by atomic mass is 10.2. The van der Waals surface area contributed by atoms with Crippen LogP contribution < -0.4 is 4.90 Å². The first-order chi connectivity index (χ1) is 9.56. The van der Waals surface area contributed by atoms with Gasteiger partial charge in [-0.1, -0.05) is 0 Å². The fourth-order valence-corrected chi connectivity index (χ4v) is 2.24. The quantitative estimate of drug-likeness (QED) is 0.915. The van der Waals surface area contributed by atoms with Crippen LogP contribution in [0.4, 0.5) is 11.4 Å². The molecule has 0 unspecified atom stereocenters. The topological polar surface area (TPSA) is 55.1 Å². The molecule has 5 nitrogen and oxygen atoms in total. The average Bonchev–Trinajstić information content (AvgIpc) is 2.68. The second-order valence-corrected chi connectivity index (χ2v) is 4.71. The van der Waals surface area contributed by atoms with E-state index in [1.807, 2.05) is 19.1 Å². The van der Waals surface area contributed by atoms with Gasteiger partial charge >= 0.3 is 0 Å². The molecule has 1 aromatic rings. The number of nitrogens with one attached hydrogen (secondary N) is 1. The molecule has 1 aliphatic rings. The van der Waals surface area contributed by atoms with Gasteiger partial charge in [0.1, 0.15) is 5.71 Å². The van der Waals surface area contributed by atoms with E-state index in [9.17, 15) is 0 Å². The van der Waals surface area contributed by atoms with E-state index in [1.54, 1.807) is 12.1 Å². The minimum atomic E-state index is 0.343. The highest BCUT2D eigenvalue weighted by atomic mass is 15.5. The second kappa shape index (κ2) is 5.86. The van der Waals surface area contributed by atoms with Gasteiger partial charge in [-0.15, -0.1) is 0 Å². The van der Waals surface area contributed by atoms with Gasteiger partial charge in [0, 0.05) is 25.8 Å². The summed E-state index contributed by atoms with van der Waals surface area (Å²) >= 11 is 0. The number of hydrazone groups is 1. The number of rotatable bonds is 4. The fourth-order valence-electron chi connectivity index (χ4n) is 2.24. The summed E-state index contributed by atoms with van der Waals surface area (Å²) in [5, 5.41) is 13.7. The van der Waals surface area contributed by atoms with Gasteiger partial charge in [0.05, 0.1) is 11.4 Å². The van der Waals surface area contributed by atoms with Gasteiger partial charge in [-0.05, 0) is 45.0 Å². The molecule has 1 aromatic carbocycles. The van der Waals surface area contributed by atoms with Crippen LogP contribution in [0.2, 0.25) is 0 Å². The molecule has 0 radical (unpaired) electrons. The van der Waals surface area contributed by atoms with Crippen molar-refractivity contribution >= 4 is 28.6 Å². The zero-order valence-corrected chi connectivity index (χ0v) is 12.5. The molecule has 0 fully saturated rings. The molecular formula is C15H21N5. The summed E-state index contributed by atoms with van der Waals surface area (Å²) in [6.45, 7) is 8.15. The zero-order valence-electron chi connectivity index (χ0n) is 12.5. The normalized spacial score (nSPS) is 16.8. The molecule has 5 heteroatoms. The van der Waals surface area contributed by atoms with Gasteiger partial charge in [-0.25, -0.2) is 10.0 Å². The maximum Gasteiger partial charge on any atom is 0.169 e. The van der Waals surface area contributed by atoms with Crippen molar-refractivity contribution in [3.63, 3.8) is 0 Å². The van der Waals surface area contributed by atoms with Crippen LogP contribution in [0.3, 0.4) is 0 Å². The number of hydrogen-bond acceptors (Lipinski definition) is 4. The van der Waals surface area contributed by atoms with Crippen molar-refractivity contribution in [2.45, 2.75) is 20.8 Å².